The maximum absolute atomic E-state index is 4.44. The van der Waals surface area contributed by atoms with E-state index in [1.54, 1.807) is 0 Å². The molecule has 1 heterocycles. The predicted molar refractivity (Wildman–Crippen MR) is 50.3 cm³/mol. The van der Waals surface area contributed by atoms with E-state index in [1.807, 2.05) is 6.20 Å². The minimum Gasteiger partial charge on any atom is -0.261 e. The SMILES string of the molecule is CC(C)c1ncccc1C1CC1. The number of pyridine rings is 1. The molecule has 64 valence electrons. The van der Waals surface area contributed by atoms with E-state index in [9.17, 15) is 0 Å². The van der Waals surface area contributed by atoms with Gasteiger partial charge in [0.25, 0.3) is 0 Å². The smallest absolute Gasteiger partial charge is 0.0463 e. The van der Waals surface area contributed by atoms with Gasteiger partial charge in [-0.3, -0.25) is 4.98 Å². The summed E-state index contributed by atoms with van der Waals surface area (Å²) >= 11 is 0. The van der Waals surface area contributed by atoms with Crippen LogP contribution in [-0.2, 0) is 0 Å². The molecule has 1 aromatic heterocycles. The van der Waals surface area contributed by atoms with Crippen molar-refractivity contribution < 1.29 is 0 Å². The van der Waals surface area contributed by atoms with Crippen LogP contribution in [0.1, 0.15) is 49.8 Å². The normalized spacial score (nSPS) is 16.9. The monoisotopic (exact) mass is 161 g/mol. The van der Waals surface area contributed by atoms with Gasteiger partial charge in [0, 0.05) is 11.9 Å². The van der Waals surface area contributed by atoms with Gasteiger partial charge >= 0.3 is 0 Å². The van der Waals surface area contributed by atoms with Crippen LogP contribution < -0.4 is 0 Å². The topological polar surface area (TPSA) is 12.9 Å². The molecule has 1 aromatic rings. The molecule has 1 nitrogen and oxygen atoms in total. The number of nitrogens with zero attached hydrogens (tertiary/aromatic N) is 1. The summed E-state index contributed by atoms with van der Waals surface area (Å²) in [6, 6.07) is 4.29. The standard InChI is InChI=1S/C11H15N/c1-8(2)11-10(9-5-6-9)4-3-7-12-11/h3-4,7-9H,5-6H2,1-2H3. The van der Waals surface area contributed by atoms with Crippen molar-refractivity contribution in [3.63, 3.8) is 0 Å². The van der Waals surface area contributed by atoms with E-state index in [0.29, 0.717) is 5.92 Å². The average molecular weight is 161 g/mol. The van der Waals surface area contributed by atoms with Crippen LogP contribution in [0.3, 0.4) is 0 Å². The molecule has 1 aliphatic carbocycles. The molecule has 0 atom stereocenters. The first-order chi connectivity index (χ1) is 5.79. The van der Waals surface area contributed by atoms with Crippen molar-refractivity contribution in [3.8, 4) is 0 Å². The van der Waals surface area contributed by atoms with Crippen molar-refractivity contribution in [2.45, 2.75) is 38.5 Å². The molecule has 0 amide bonds. The lowest BCUT2D eigenvalue weighted by Gasteiger charge is -2.09. The molecule has 0 saturated heterocycles. The first-order valence-electron chi connectivity index (χ1n) is 4.74. The lowest BCUT2D eigenvalue weighted by Crippen LogP contribution is -1.97. The fourth-order valence-corrected chi connectivity index (χ4v) is 1.65. The van der Waals surface area contributed by atoms with Crippen LogP contribution in [0.4, 0.5) is 0 Å². The third-order valence-electron chi connectivity index (χ3n) is 2.44. The van der Waals surface area contributed by atoms with Crippen LogP contribution in [-0.4, -0.2) is 4.98 Å². The second-order valence-electron chi connectivity index (χ2n) is 3.91. The zero-order chi connectivity index (χ0) is 8.55. The van der Waals surface area contributed by atoms with E-state index in [4.69, 9.17) is 0 Å². The molecular formula is C11H15N. The number of hydrogen-bond acceptors (Lipinski definition) is 1. The van der Waals surface area contributed by atoms with E-state index in [-0.39, 0.29) is 0 Å². The maximum Gasteiger partial charge on any atom is 0.0463 e. The Morgan fingerprint density at radius 3 is 2.75 bits per heavy atom. The van der Waals surface area contributed by atoms with Crippen LogP contribution in [0.5, 0.6) is 0 Å². The van der Waals surface area contributed by atoms with Crippen molar-refractivity contribution in [2.24, 2.45) is 0 Å². The molecule has 0 bridgehead atoms. The molecule has 1 saturated carbocycles. The highest BCUT2D eigenvalue weighted by molar-refractivity contribution is 5.29. The summed E-state index contributed by atoms with van der Waals surface area (Å²) in [6.07, 6.45) is 4.64. The zero-order valence-electron chi connectivity index (χ0n) is 7.75. The van der Waals surface area contributed by atoms with Crippen LogP contribution >= 0.6 is 0 Å². The van der Waals surface area contributed by atoms with E-state index >= 15 is 0 Å². The summed E-state index contributed by atoms with van der Waals surface area (Å²) in [6.45, 7) is 4.43. The van der Waals surface area contributed by atoms with Gasteiger partial charge in [0.15, 0.2) is 0 Å². The highest BCUT2D eigenvalue weighted by atomic mass is 14.7. The molecule has 0 unspecified atom stereocenters. The highest BCUT2D eigenvalue weighted by Gasteiger charge is 2.26. The molecule has 12 heavy (non-hydrogen) atoms. The summed E-state index contributed by atoms with van der Waals surface area (Å²) in [5, 5.41) is 0. The van der Waals surface area contributed by atoms with Gasteiger partial charge in [-0.25, -0.2) is 0 Å². The van der Waals surface area contributed by atoms with E-state index in [0.717, 1.165) is 5.92 Å². The van der Waals surface area contributed by atoms with Crippen molar-refractivity contribution in [1.29, 1.82) is 0 Å². The van der Waals surface area contributed by atoms with Crippen LogP contribution in [0.15, 0.2) is 18.3 Å². The van der Waals surface area contributed by atoms with Crippen LogP contribution in [0, 0.1) is 0 Å². The van der Waals surface area contributed by atoms with Gasteiger partial charge in [0.2, 0.25) is 0 Å². The van der Waals surface area contributed by atoms with Crippen LogP contribution in [0.2, 0.25) is 0 Å². The summed E-state index contributed by atoms with van der Waals surface area (Å²) < 4.78 is 0. The molecule has 1 heteroatoms. The number of hydrogen-bond donors (Lipinski definition) is 0. The van der Waals surface area contributed by atoms with Gasteiger partial charge in [-0.15, -0.1) is 0 Å². The summed E-state index contributed by atoms with van der Waals surface area (Å²) in [5.74, 6) is 1.40. The zero-order valence-corrected chi connectivity index (χ0v) is 7.75. The van der Waals surface area contributed by atoms with Gasteiger partial charge in [0.05, 0.1) is 0 Å². The van der Waals surface area contributed by atoms with Gasteiger partial charge in [-0.2, -0.15) is 0 Å². The predicted octanol–water partition coefficient (Wildman–Crippen LogP) is 3.08. The van der Waals surface area contributed by atoms with Crippen molar-refractivity contribution in [2.75, 3.05) is 0 Å². The molecule has 1 aliphatic rings. The molecule has 1 fully saturated rings. The highest BCUT2D eigenvalue weighted by Crippen LogP contribution is 2.42. The van der Waals surface area contributed by atoms with Gasteiger partial charge in [-0.05, 0) is 36.3 Å². The minimum atomic E-state index is 0.571. The molecular weight excluding hydrogens is 146 g/mol. The first kappa shape index (κ1) is 7.78. The third-order valence-corrected chi connectivity index (χ3v) is 2.44. The van der Waals surface area contributed by atoms with Gasteiger partial charge < -0.3 is 0 Å². The Morgan fingerprint density at radius 1 is 1.42 bits per heavy atom. The maximum atomic E-state index is 4.44. The third kappa shape index (κ3) is 1.36. The van der Waals surface area contributed by atoms with Crippen molar-refractivity contribution in [3.05, 3.63) is 29.6 Å². The Morgan fingerprint density at radius 2 is 2.17 bits per heavy atom. The fourth-order valence-electron chi connectivity index (χ4n) is 1.65. The van der Waals surface area contributed by atoms with E-state index in [2.05, 4.69) is 31.0 Å². The number of rotatable bonds is 2. The molecule has 2 rings (SSSR count). The fraction of sp³-hybridized carbons (Fsp3) is 0.545. The van der Waals surface area contributed by atoms with Gasteiger partial charge in [0.1, 0.15) is 0 Å². The van der Waals surface area contributed by atoms with E-state index < -0.39 is 0 Å². The molecule has 0 spiro atoms. The average Bonchev–Trinajstić information content (AvgIpc) is 2.87. The lowest BCUT2D eigenvalue weighted by atomic mass is 10.0. The minimum absolute atomic E-state index is 0.571. The first-order valence-corrected chi connectivity index (χ1v) is 4.74. The Hall–Kier alpha value is -0.850. The Labute approximate surface area is 73.8 Å². The summed E-state index contributed by atoms with van der Waals surface area (Å²) in [5.41, 5.74) is 2.80. The second kappa shape index (κ2) is 2.89. The lowest BCUT2D eigenvalue weighted by molar-refractivity contribution is 0.797. The van der Waals surface area contributed by atoms with Crippen molar-refractivity contribution in [1.82, 2.24) is 4.98 Å². The second-order valence-corrected chi connectivity index (χ2v) is 3.91. The molecule has 0 aliphatic heterocycles. The Kier molecular flexibility index (Phi) is 1.87. The molecule has 0 radical (unpaired) electrons. The largest absolute Gasteiger partial charge is 0.261 e. The number of aromatic nitrogens is 1. The Balaban J connectivity index is 2.36. The quantitative estimate of drug-likeness (QED) is 0.649. The summed E-state index contributed by atoms with van der Waals surface area (Å²) in [4.78, 5) is 4.44. The molecule has 0 N–H and O–H groups in total. The van der Waals surface area contributed by atoms with E-state index in [1.165, 1.54) is 24.1 Å². The molecule has 0 aromatic carbocycles. The summed E-state index contributed by atoms with van der Waals surface area (Å²) in [7, 11) is 0. The van der Waals surface area contributed by atoms with Crippen molar-refractivity contribution >= 4 is 0 Å². The Bertz CT molecular complexity index is 253. The van der Waals surface area contributed by atoms with Crippen LogP contribution in [0.25, 0.3) is 0 Å². The van der Waals surface area contributed by atoms with Gasteiger partial charge in [-0.1, -0.05) is 19.9 Å².